The summed E-state index contributed by atoms with van der Waals surface area (Å²) in [6, 6.07) is 14.7. The molecule has 27 heavy (non-hydrogen) atoms. The van der Waals surface area contributed by atoms with Crippen LogP contribution in [0.25, 0.3) is 16.3 Å². The molecule has 1 heterocycles. The quantitative estimate of drug-likeness (QED) is 0.511. The molecule has 1 N–H and O–H groups in total. The van der Waals surface area contributed by atoms with Gasteiger partial charge in [0.2, 0.25) is 0 Å². The molecule has 2 aromatic carbocycles. The number of carbonyl (C=O) groups excluding carboxylic acids is 1. The summed E-state index contributed by atoms with van der Waals surface area (Å²) in [6.45, 7) is 2.40. The summed E-state index contributed by atoms with van der Waals surface area (Å²) in [4.78, 5) is 16.8. The molecule has 3 aromatic rings. The average Bonchev–Trinajstić information content (AvgIpc) is 3.09. The van der Waals surface area contributed by atoms with Crippen molar-refractivity contribution in [3.8, 4) is 17.6 Å². The summed E-state index contributed by atoms with van der Waals surface area (Å²) >= 11 is 1.36. The number of amides is 1. The summed E-state index contributed by atoms with van der Waals surface area (Å²) in [5.41, 5.74) is 1.43. The maximum Gasteiger partial charge on any atom is 0.268 e. The van der Waals surface area contributed by atoms with Crippen LogP contribution in [0.15, 0.2) is 48.0 Å². The third-order valence-corrected chi connectivity index (χ3v) is 4.63. The number of carbonyl (C=O) groups is 1. The molecule has 0 saturated heterocycles. The smallest absolute Gasteiger partial charge is 0.268 e. The number of methoxy groups -OCH3 is 1. The third kappa shape index (κ3) is 4.25. The van der Waals surface area contributed by atoms with Crippen molar-refractivity contribution in [2.45, 2.75) is 6.92 Å². The minimum atomic E-state index is -0.510. The average molecular weight is 379 g/mol. The predicted molar refractivity (Wildman–Crippen MR) is 106 cm³/mol. The monoisotopic (exact) mass is 379 g/mol. The zero-order chi connectivity index (χ0) is 19.2. The normalized spacial score (nSPS) is 11.1. The van der Waals surface area contributed by atoms with E-state index in [1.165, 1.54) is 24.5 Å². The Morgan fingerprint density at radius 2 is 2.11 bits per heavy atom. The Hall–Kier alpha value is -3.37. The molecule has 6 nitrogen and oxygen atoms in total. The molecule has 0 atom stereocenters. The van der Waals surface area contributed by atoms with E-state index < -0.39 is 5.91 Å². The highest BCUT2D eigenvalue weighted by molar-refractivity contribution is 7.22. The van der Waals surface area contributed by atoms with Crippen LogP contribution in [-0.2, 0) is 4.79 Å². The number of anilines is 1. The van der Waals surface area contributed by atoms with Gasteiger partial charge in [0.15, 0.2) is 16.6 Å². The maximum atomic E-state index is 12.5. The summed E-state index contributed by atoms with van der Waals surface area (Å²) in [5.74, 6) is 0.633. The highest BCUT2D eigenvalue weighted by Gasteiger charge is 2.13. The van der Waals surface area contributed by atoms with Crippen molar-refractivity contribution in [2.24, 2.45) is 0 Å². The standard InChI is InChI=1S/C20H17N3O3S/c1-3-26-16-9-8-13(11-17(16)25-2)10-14(12-21)19(24)23-20-22-15-6-4-5-7-18(15)27-20/h4-11H,3H2,1-2H3,(H,22,23,24)/b14-10-. The van der Waals surface area contributed by atoms with Crippen LogP contribution < -0.4 is 14.8 Å². The number of thiazole rings is 1. The third-order valence-electron chi connectivity index (χ3n) is 3.68. The van der Waals surface area contributed by atoms with Gasteiger partial charge in [-0.25, -0.2) is 4.98 Å². The number of ether oxygens (including phenoxy) is 2. The second kappa shape index (κ2) is 8.34. The molecule has 0 spiro atoms. The summed E-state index contributed by atoms with van der Waals surface area (Å²) in [7, 11) is 1.54. The van der Waals surface area contributed by atoms with Gasteiger partial charge >= 0.3 is 0 Å². The lowest BCUT2D eigenvalue weighted by molar-refractivity contribution is -0.112. The predicted octanol–water partition coefficient (Wildman–Crippen LogP) is 4.25. The van der Waals surface area contributed by atoms with Crippen molar-refractivity contribution < 1.29 is 14.3 Å². The fraction of sp³-hybridized carbons (Fsp3) is 0.150. The number of aromatic nitrogens is 1. The lowest BCUT2D eigenvalue weighted by atomic mass is 10.1. The van der Waals surface area contributed by atoms with Crippen LogP contribution in [-0.4, -0.2) is 24.6 Å². The molecular formula is C20H17N3O3S. The van der Waals surface area contributed by atoms with E-state index in [1.807, 2.05) is 37.3 Å². The Kier molecular flexibility index (Phi) is 5.69. The van der Waals surface area contributed by atoms with Crippen molar-refractivity contribution in [1.82, 2.24) is 4.98 Å². The van der Waals surface area contributed by atoms with E-state index >= 15 is 0 Å². The van der Waals surface area contributed by atoms with Gasteiger partial charge < -0.3 is 9.47 Å². The van der Waals surface area contributed by atoms with Crippen molar-refractivity contribution in [1.29, 1.82) is 5.26 Å². The van der Waals surface area contributed by atoms with Crippen LogP contribution in [0.1, 0.15) is 12.5 Å². The SMILES string of the molecule is CCOc1ccc(/C=C(/C#N)C(=O)Nc2nc3ccccc3s2)cc1OC. The number of nitrogens with zero attached hydrogens (tertiary/aromatic N) is 2. The highest BCUT2D eigenvalue weighted by atomic mass is 32.1. The first kappa shape index (κ1) is 18.4. The van der Waals surface area contributed by atoms with Crippen LogP contribution in [0.4, 0.5) is 5.13 Å². The molecule has 0 bridgehead atoms. The fourth-order valence-electron chi connectivity index (χ4n) is 2.45. The molecular weight excluding hydrogens is 362 g/mol. The van der Waals surface area contributed by atoms with Gasteiger partial charge in [-0.3, -0.25) is 10.1 Å². The van der Waals surface area contributed by atoms with E-state index in [9.17, 15) is 10.1 Å². The minimum absolute atomic E-state index is 0.0273. The molecule has 0 fully saturated rings. The minimum Gasteiger partial charge on any atom is -0.493 e. The van der Waals surface area contributed by atoms with Crippen LogP contribution in [0.3, 0.4) is 0 Å². The number of fused-ring (bicyclic) bond motifs is 1. The van der Waals surface area contributed by atoms with E-state index in [-0.39, 0.29) is 5.57 Å². The van der Waals surface area contributed by atoms with Gasteiger partial charge in [-0.1, -0.05) is 29.5 Å². The van der Waals surface area contributed by atoms with Gasteiger partial charge in [-0.2, -0.15) is 5.26 Å². The van der Waals surface area contributed by atoms with Crippen LogP contribution in [0.5, 0.6) is 11.5 Å². The summed E-state index contributed by atoms with van der Waals surface area (Å²) < 4.78 is 11.7. The first-order valence-electron chi connectivity index (χ1n) is 8.24. The highest BCUT2D eigenvalue weighted by Crippen LogP contribution is 2.29. The summed E-state index contributed by atoms with van der Waals surface area (Å²) in [5, 5.41) is 12.5. The fourth-order valence-corrected chi connectivity index (χ4v) is 3.31. The Balaban J connectivity index is 1.83. The largest absolute Gasteiger partial charge is 0.493 e. The van der Waals surface area contributed by atoms with Crippen molar-refractivity contribution in [3.63, 3.8) is 0 Å². The van der Waals surface area contributed by atoms with Gasteiger partial charge in [0.1, 0.15) is 11.6 Å². The molecule has 7 heteroatoms. The van der Waals surface area contributed by atoms with Gasteiger partial charge in [-0.15, -0.1) is 0 Å². The number of hydrogen-bond donors (Lipinski definition) is 1. The lowest BCUT2D eigenvalue weighted by Crippen LogP contribution is -2.13. The second-order valence-corrected chi connectivity index (χ2v) is 6.48. The molecule has 0 unspecified atom stereocenters. The Morgan fingerprint density at radius 3 is 2.81 bits per heavy atom. The van der Waals surface area contributed by atoms with Gasteiger partial charge in [0.25, 0.3) is 5.91 Å². The maximum absolute atomic E-state index is 12.5. The van der Waals surface area contributed by atoms with Crippen LogP contribution in [0.2, 0.25) is 0 Å². The van der Waals surface area contributed by atoms with E-state index in [0.29, 0.717) is 28.8 Å². The number of benzene rings is 2. The van der Waals surface area contributed by atoms with E-state index in [4.69, 9.17) is 9.47 Å². The number of nitriles is 1. The van der Waals surface area contributed by atoms with Gasteiger partial charge in [0.05, 0.1) is 23.9 Å². The molecule has 0 aliphatic heterocycles. The zero-order valence-electron chi connectivity index (χ0n) is 14.9. The van der Waals surface area contributed by atoms with Crippen molar-refractivity contribution in [3.05, 3.63) is 53.6 Å². The van der Waals surface area contributed by atoms with E-state index in [1.54, 1.807) is 18.2 Å². The molecule has 3 rings (SSSR count). The Morgan fingerprint density at radius 1 is 1.30 bits per heavy atom. The number of nitrogens with one attached hydrogen (secondary N) is 1. The molecule has 136 valence electrons. The molecule has 1 amide bonds. The molecule has 0 aliphatic rings. The van der Waals surface area contributed by atoms with Crippen LogP contribution >= 0.6 is 11.3 Å². The lowest BCUT2D eigenvalue weighted by Gasteiger charge is -2.09. The number of rotatable bonds is 6. The topological polar surface area (TPSA) is 84.2 Å². The summed E-state index contributed by atoms with van der Waals surface area (Å²) in [6.07, 6.45) is 1.50. The van der Waals surface area contributed by atoms with Crippen LogP contribution in [0, 0.1) is 11.3 Å². The van der Waals surface area contributed by atoms with Gasteiger partial charge in [0, 0.05) is 0 Å². The molecule has 0 aliphatic carbocycles. The zero-order valence-corrected chi connectivity index (χ0v) is 15.7. The van der Waals surface area contributed by atoms with E-state index in [2.05, 4.69) is 10.3 Å². The van der Waals surface area contributed by atoms with E-state index in [0.717, 1.165) is 10.2 Å². The first-order chi connectivity index (χ1) is 13.1. The Labute approximate surface area is 160 Å². The molecule has 1 aromatic heterocycles. The molecule has 0 radical (unpaired) electrons. The molecule has 0 saturated carbocycles. The Bertz CT molecular complexity index is 1020. The van der Waals surface area contributed by atoms with Crippen molar-refractivity contribution in [2.75, 3.05) is 19.0 Å². The number of hydrogen-bond acceptors (Lipinski definition) is 6. The van der Waals surface area contributed by atoms with Crippen molar-refractivity contribution >= 4 is 38.7 Å². The number of para-hydroxylation sites is 1. The van der Waals surface area contributed by atoms with Gasteiger partial charge in [-0.05, 0) is 42.8 Å². The second-order valence-electron chi connectivity index (χ2n) is 5.45. The first-order valence-corrected chi connectivity index (χ1v) is 9.05.